The van der Waals surface area contributed by atoms with Crippen molar-refractivity contribution in [3.8, 4) is 5.75 Å². The molecule has 2 atom stereocenters. The first-order chi connectivity index (χ1) is 15.3. The van der Waals surface area contributed by atoms with Gasteiger partial charge in [-0.3, -0.25) is 4.90 Å². The summed E-state index contributed by atoms with van der Waals surface area (Å²) in [7, 11) is 0. The fourth-order valence-corrected chi connectivity index (χ4v) is 4.77. The smallest absolute Gasteiger partial charge is 0.335 e. The van der Waals surface area contributed by atoms with E-state index in [1.807, 2.05) is 19.2 Å². The minimum Gasteiger partial charge on any atom is -0.489 e. The highest BCUT2D eigenvalue weighted by Crippen LogP contribution is 2.37. The Morgan fingerprint density at radius 3 is 2.66 bits per heavy atom. The maximum atomic E-state index is 13.2. The lowest BCUT2D eigenvalue weighted by Crippen LogP contribution is -2.35. The van der Waals surface area contributed by atoms with Crippen LogP contribution in [0.4, 0.5) is 8.78 Å². The van der Waals surface area contributed by atoms with Gasteiger partial charge in [0.25, 0.3) is 6.43 Å². The SMILES string of the molecule is Cc1cc(C)c2[nH]ccc2c1O[C@@H]1CCCN(CC(F)F)C[C@H]1c1ccc(C(=O)O)cc1. The molecule has 0 amide bonds. The molecule has 0 unspecified atom stereocenters. The van der Waals surface area contributed by atoms with Crippen LogP contribution in [0.2, 0.25) is 0 Å². The number of ether oxygens (including phenoxy) is 1. The van der Waals surface area contributed by atoms with Gasteiger partial charge in [0.15, 0.2) is 0 Å². The maximum absolute atomic E-state index is 13.2. The normalized spacial score (nSPS) is 19.9. The average Bonchev–Trinajstić information content (AvgIpc) is 3.15. The Morgan fingerprint density at radius 1 is 1.22 bits per heavy atom. The molecule has 4 rings (SSSR count). The number of H-pyrrole nitrogens is 1. The van der Waals surface area contributed by atoms with Gasteiger partial charge in [0.2, 0.25) is 0 Å². The first-order valence-electron chi connectivity index (χ1n) is 10.9. The highest BCUT2D eigenvalue weighted by Gasteiger charge is 2.32. The van der Waals surface area contributed by atoms with Crippen LogP contribution in [0, 0.1) is 13.8 Å². The number of benzene rings is 2. The van der Waals surface area contributed by atoms with Crippen molar-refractivity contribution in [2.45, 2.75) is 45.1 Å². The van der Waals surface area contributed by atoms with Gasteiger partial charge in [0.1, 0.15) is 11.9 Å². The molecule has 1 aliphatic rings. The van der Waals surface area contributed by atoms with Crippen LogP contribution in [-0.4, -0.2) is 53.1 Å². The number of aromatic carboxylic acids is 1. The molecule has 0 spiro atoms. The minimum atomic E-state index is -2.40. The summed E-state index contributed by atoms with van der Waals surface area (Å²) in [5.74, 6) is -0.338. The van der Waals surface area contributed by atoms with E-state index in [-0.39, 0.29) is 24.1 Å². The molecule has 170 valence electrons. The van der Waals surface area contributed by atoms with E-state index in [9.17, 15) is 18.7 Å². The van der Waals surface area contributed by atoms with Gasteiger partial charge < -0.3 is 14.8 Å². The molecular formula is C25H28F2N2O3. The molecule has 0 aliphatic carbocycles. The highest BCUT2D eigenvalue weighted by molar-refractivity contribution is 5.90. The van der Waals surface area contributed by atoms with Gasteiger partial charge in [-0.15, -0.1) is 0 Å². The third-order valence-electron chi connectivity index (χ3n) is 6.30. The summed E-state index contributed by atoms with van der Waals surface area (Å²) < 4.78 is 33.0. The molecule has 1 aliphatic heterocycles. The van der Waals surface area contributed by atoms with Crippen LogP contribution < -0.4 is 4.74 Å². The monoisotopic (exact) mass is 442 g/mol. The Balaban J connectivity index is 1.70. The lowest BCUT2D eigenvalue weighted by atomic mass is 9.90. The molecule has 2 aromatic carbocycles. The van der Waals surface area contributed by atoms with Crippen LogP contribution in [0.25, 0.3) is 10.9 Å². The number of alkyl halides is 2. The van der Waals surface area contributed by atoms with Crippen LogP contribution >= 0.6 is 0 Å². The highest BCUT2D eigenvalue weighted by atomic mass is 19.3. The zero-order valence-corrected chi connectivity index (χ0v) is 18.3. The zero-order valence-electron chi connectivity index (χ0n) is 18.3. The zero-order chi connectivity index (χ0) is 22.8. The first kappa shape index (κ1) is 22.3. The van der Waals surface area contributed by atoms with E-state index in [0.29, 0.717) is 13.1 Å². The number of carboxylic acids is 1. The van der Waals surface area contributed by atoms with Gasteiger partial charge in [0, 0.05) is 24.0 Å². The van der Waals surface area contributed by atoms with E-state index >= 15 is 0 Å². The number of aryl methyl sites for hydroxylation is 2. The number of rotatable bonds is 6. The molecule has 1 aromatic heterocycles. The predicted molar refractivity (Wildman–Crippen MR) is 120 cm³/mol. The number of halogens is 2. The van der Waals surface area contributed by atoms with Crippen molar-refractivity contribution >= 4 is 16.9 Å². The number of carbonyl (C=O) groups is 1. The molecule has 0 radical (unpaired) electrons. The van der Waals surface area contributed by atoms with Gasteiger partial charge >= 0.3 is 5.97 Å². The summed E-state index contributed by atoms with van der Waals surface area (Å²) in [5, 5.41) is 10.2. The number of carboxylic acid groups (broad SMARTS) is 1. The van der Waals surface area contributed by atoms with Crippen molar-refractivity contribution in [3.05, 3.63) is 64.8 Å². The third-order valence-corrected chi connectivity index (χ3v) is 6.30. The standard InChI is InChI=1S/C25H28F2N2O3/c1-15-12-16(2)24(19-9-10-28-23(15)19)32-21-4-3-11-29(14-22(26)27)13-20(21)17-5-7-18(8-6-17)25(30)31/h5-10,12,20-22,28H,3-4,11,13-14H2,1-2H3,(H,30,31)/t20-,21+/m0/s1. The number of likely N-dealkylation sites (tertiary alicyclic amines) is 1. The second-order valence-electron chi connectivity index (χ2n) is 8.59. The molecular weight excluding hydrogens is 414 g/mol. The van der Waals surface area contributed by atoms with Crippen molar-refractivity contribution < 1.29 is 23.4 Å². The average molecular weight is 443 g/mol. The third kappa shape index (κ3) is 4.63. The number of hydrogen-bond acceptors (Lipinski definition) is 3. The number of fused-ring (bicyclic) bond motifs is 1. The number of aromatic nitrogens is 1. The van der Waals surface area contributed by atoms with Gasteiger partial charge in [-0.1, -0.05) is 18.2 Å². The second kappa shape index (κ2) is 9.28. The molecule has 3 aromatic rings. The van der Waals surface area contributed by atoms with Crippen LogP contribution in [0.5, 0.6) is 5.75 Å². The molecule has 1 fully saturated rings. The number of nitrogens with one attached hydrogen (secondary N) is 1. The number of nitrogens with zero attached hydrogens (tertiary/aromatic N) is 1. The number of hydrogen-bond donors (Lipinski definition) is 2. The second-order valence-corrected chi connectivity index (χ2v) is 8.59. The summed E-state index contributed by atoms with van der Waals surface area (Å²) in [6, 6.07) is 10.8. The Bertz CT molecular complexity index is 1090. The topological polar surface area (TPSA) is 65.6 Å². The van der Waals surface area contributed by atoms with Crippen molar-refractivity contribution in [2.24, 2.45) is 0 Å². The summed E-state index contributed by atoms with van der Waals surface area (Å²) >= 11 is 0. The van der Waals surface area contributed by atoms with E-state index < -0.39 is 12.4 Å². The fraction of sp³-hybridized carbons (Fsp3) is 0.400. The quantitative estimate of drug-likeness (QED) is 0.538. The molecule has 0 bridgehead atoms. The van der Waals surface area contributed by atoms with Crippen LogP contribution in [0.15, 0.2) is 42.6 Å². The lowest BCUT2D eigenvalue weighted by molar-refractivity contribution is 0.0696. The van der Waals surface area contributed by atoms with Gasteiger partial charge in [-0.2, -0.15) is 0 Å². The van der Waals surface area contributed by atoms with E-state index in [1.54, 1.807) is 29.2 Å². The number of aromatic amines is 1. The molecule has 32 heavy (non-hydrogen) atoms. The molecule has 2 N–H and O–H groups in total. The van der Waals surface area contributed by atoms with Crippen LogP contribution in [0.3, 0.4) is 0 Å². The minimum absolute atomic E-state index is 0.159. The van der Waals surface area contributed by atoms with Gasteiger partial charge in [-0.25, -0.2) is 13.6 Å². The Kier molecular flexibility index (Phi) is 6.46. The van der Waals surface area contributed by atoms with Crippen LogP contribution in [0.1, 0.15) is 45.8 Å². The summed E-state index contributed by atoms with van der Waals surface area (Å²) in [6.07, 6.45) is 0.755. The Hall–Kier alpha value is -2.93. The molecule has 5 nitrogen and oxygen atoms in total. The van der Waals surface area contributed by atoms with Gasteiger partial charge in [-0.05, 0) is 68.1 Å². The van der Waals surface area contributed by atoms with E-state index in [4.69, 9.17) is 4.74 Å². The van der Waals surface area contributed by atoms with Crippen molar-refractivity contribution in [1.29, 1.82) is 0 Å². The lowest BCUT2D eigenvalue weighted by Gasteiger charge is -2.30. The van der Waals surface area contributed by atoms with E-state index in [1.165, 1.54) is 0 Å². The fourth-order valence-electron chi connectivity index (χ4n) is 4.77. The van der Waals surface area contributed by atoms with Crippen molar-refractivity contribution in [1.82, 2.24) is 9.88 Å². The van der Waals surface area contributed by atoms with Gasteiger partial charge in [0.05, 0.1) is 17.6 Å². The van der Waals surface area contributed by atoms with Crippen molar-refractivity contribution in [2.75, 3.05) is 19.6 Å². The Morgan fingerprint density at radius 2 is 1.97 bits per heavy atom. The van der Waals surface area contributed by atoms with E-state index in [2.05, 4.69) is 18.0 Å². The summed E-state index contributed by atoms with van der Waals surface area (Å²) in [5.41, 5.74) is 4.30. The van der Waals surface area contributed by atoms with Crippen LogP contribution in [-0.2, 0) is 0 Å². The molecule has 7 heteroatoms. The van der Waals surface area contributed by atoms with Crippen molar-refractivity contribution in [3.63, 3.8) is 0 Å². The summed E-state index contributed by atoms with van der Waals surface area (Å²) in [6.45, 7) is 4.81. The molecule has 2 heterocycles. The Labute approximate surface area is 186 Å². The first-order valence-corrected chi connectivity index (χ1v) is 10.9. The summed E-state index contributed by atoms with van der Waals surface area (Å²) in [4.78, 5) is 16.3. The largest absolute Gasteiger partial charge is 0.489 e. The molecule has 0 saturated carbocycles. The van der Waals surface area contributed by atoms with E-state index in [0.717, 1.165) is 46.2 Å². The maximum Gasteiger partial charge on any atom is 0.335 e. The molecule has 1 saturated heterocycles. The predicted octanol–water partition coefficient (Wildman–Crippen LogP) is 5.38.